The second kappa shape index (κ2) is 5.29. The maximum Gasteiger partial charge on any atom is 0.308 e. The number of aryl methyl sites for hydroxylation is 1. The van der Waals surface area contributed by atoms with Crippen LogP contribution in [0.15, 0.2) is 10.7 Å². The highest BCUT2D eigenvalue weighted by atomic mass is 16.5. The molecule has 0 radical (unpaired) electrons. The molecule has 1 rings (SSSR count). The standard InChI is InChI=1S/C10H14N2O4/c1-3-7(10(14)15)5-11-9(13)8-6(2)4-12-16-8/h4,7H,3,5H2,1-2H3,(H,11,13)(H,14,15). The van der Waals surface area contributed by atoms with E-state index >= 15 is 0 Å². The lowest BCUT2D eigenvalue weighted by molar-refractivity contribution is -0.141. The van der Waals surface area contributed by atoms with Gasteiger partial charge in [0.2, 0.25) is 5.76 Å². The van der Waals surface area contributed by atoms with Crippen molar-refractivity contribution >= 4 is 11.9 Å². The number of nitrogens with one attached hydrogen (secondary N) is 1. The van der Waals surface area contributed by atoms with Crippen LogP contribution in [0.2, 0.25) is 0 Å². The molecule has 1 atom stereocenters. The van der Waals surface area contributed by atoms with Crippen molar-refractivity contribution in [2.45, 2.75) is 20.3 Å². The van der Waals surface area contributed by atoms with E-state index in [9.17, 15) is 9.59 Å². The molecule has 0 fully saturated rings. The summed E-state index contributed by atoms with van der Waals surface area (Å²) in [4.78, 5) is 22.2. The van der Waals surface area contributed by atoms with Gasteiger partial charge in [-0.1, -0.05) is 12.1 Å². The van der Waals surface area contributed by atoms with E-state index in [-0.39, 0.29) is 12.3 Å². The van der Waals surface area contributed by atoms with Gasteiger partial charge >= 0.3 is 5.97 Å². The van der Waals surface area contributed by atoms with Crippen molar-refractivity contribution in [2.24, 2.45) is 5.92 Å². The molecular formula is C10H14N2O4. The van der Waals surface area contributed by atoms with E-state index in [0.29, 0.717) is 12.0 Å². The van der Waals surface area contributed by atoms with Crippen molar-refractivity contribution < 1.29 is 19.2 Å². The average molecular weight is 226 g/mol. The third-order valence-electron chi connectivity index (χ3n) is 2.31. The maximum absolute atomic E-state index is 11.5. The van der Waals surface area contributed by atoms with Crippen molar-refractivity contribution in [3.8, 4) is 0 Å². The van der Waals surface area contributed by atoms with Crippen LogP contribution in [0.3, 0.4) is 0 Å². The van der Waals surface area contributed by atoms with Crippen LogP contribution in [0.4, 0.5) is 0 Å². The summed E-state index contributed by atoms with van der Waals surface area (Å²) >= 11 is 0. The van der Waals surface area contributed by atoms with Crippen LogP contribution in [0.5, 0.6) is 0 Å². The number of amides is 1. The van der Waals surface area contributed by atoms with E-state index in [0.717, 1.165) is 0 Å². The number of carboxylic acid groups (broad SMARTS) is 1. The molecule has 1 aromatic rings. The molecule has 1 unspecified atom stereocenters. The van der Waals surface area contributed by atoms with Gasteiger partial charge in [-0.25, -0.2) is 0 Å². The Hall–Kier alpha value is -1.85. The Bertz CT molecular complexity index is 386. The van der Waals surface area contributed by atoms with E-state index in [1.165, 1.54) is 6.20 Å². The normalized spacial score (nSPS) is 12.1. The molecule has 0 saturated heterocycles. The van der Waals surface area contributed by atoms with Crippen LogP contribution in [-0.2, 0) is 4.79 Å². The highest BCUT2D eigenvalue weighted by Crippen LogP contribution is 2.06. The van der Waals surface area contributed by atoms with Gasteiger partial charge in [0, 0.05) is 12.1 Å². The zero-order valence-electron chi connectivity index (χ0n) is 9.19. The monoisotopic (exact) mass is 226 g/mol. The highest BCUT2D eigenvalue weighted by molar-refractivity contribution is 5.92. The largest absolute Gasteiger partial charge is 0.481 e. The number of aliphatic carboxylic acids is 1. The zero-order chi connectivity index (χ0) is 12.1. The Kier molecular flexibility index (Phi) is 4.04. The quantitative estimate of drug-likeness (QED) is 0.775. The van der Waals surface area contributed by atoms with Crippen molar-refractivity contribution in [3.63, 3.8) is 0 Å². The Balaban J connectivity index is 2.53. The first kappa shape index (κ1) is 12.2. The summed E-state index contributed by atoms with van der Waals surface area (Å²) in [6.07, 6.45) is 1.90. The fourth-order valence-corrected chi connectivity index (χ4v) is 1.21. The summed E-state index contributed by atoms with van der Waals surface area (Å²) in [5.41, 5.74) is 0.626. The second-order valence-electron chi connectivity index (χ2n) is 3.49. The molecule has 88 valence electrons. The molecule has 1 amide bonds. The van der Waals surface area contributed by atoms with Crippen LogP contribution in [-0.4, -0.2) is 28.7 Å². The van der Waals surface area contributed by atoms with Crippen LogP contribution < -0.4 is 5.32 Å². The minimum absolute atomic E-state index is 0.0881. The van der Waals surface area contributed by atoms with Crippen molar-refractivity contribution in [3.05, 3.63) is 17.5 Å². The number of carbonyl (C=O) groups excluding carboxylic acids is 1. The fourth-order valence-electron chi connectivity index (χ4n) is 1.21. The van der Waals surface area contributed by atoms with E-state index in [2.05, 4.69) is 10.5 Å². The van der Waals surface area contributed by atoms with E-state index < -0.39 is 17.8 Å². The summed E-state index contributed by atoms with van der Waals surface area (Å²) in [6.45, 7) is 3.54. The number of aromatic nitrogens is 1. The molecule has 0 bridgehead atoms. The number of carboxylic acids is 1. The lowest BCUT2D eigenvalue weighted by atomic mass is 10.1. The number of hydrogen-bond acceptors (Lipinski definition) is 4. The maximum atomic E-state index is 11.5. The first-order valence-corrected chi connectivity index (χ1v) is 4.98. The highest BCUT2D eigenvalue weighted by Gasteiger charge is 2.19. The van der Waals surface area contributed by atoms with Crippen molar-refractivity contribution in [1.29, 1.82) is 0 Å². The predicted molar refractivity (Wildman–Crippen MR) is 55.0 cm³/mol. The molecular weight excluding hydrogens is 212 g/mol. The van der Waals surface area contributed by atoms with Gasteiger partial charge in [0.05, 0.1) is 12.1 Å². The minimum atomic E-state index is -0.919. The van der Waals surface area contributed by atoms with Gasteiger partial charge in [-0.05, 0) is 13.3 Å². The summed E-state index contributed by atoms with van der Waals surface area (Å²) in [5, 5.41) is 14.8. The SMILES string of the molecule is CCC(CNC(=O)c1oncc1C)C(=O)O. The van der Waals surface area contributed by atoms with E-state index in [1.54, 1.807) is 13.8 Å². The number of nitrogens with zero attached hydrogens (tertiary/aromatic N) is 1. The van der Waals surface area contributed by atoms with Crippen LogP contribution in [0.25, 0.3) is 0 Å². The van der Waals surface area contributed by atoms with Crippen molar-refractivity contribution in [1.82, 2.24) is 10.5 Å². The molecule has 2 N–H and O–H groups in total. The molecule has 0 spiro atoms. The minimum Gasteiger partial charge on any atom is -0.481 e. The van der Waals surface area contributed by atoms with Gasteiger partial charge in [-0.15, -0.1) is 0 Å². The van der Waals surface area contributed by atoms with Gasteiger partial charge in [-0.2, -0.15) is 0 Å². The van der Waals surface area contributed by atoms with Gasteiger partial charge in [0.15, 0.2) is 0 Å². The van der Waals surface area contributed by atoms with Gasteiger partial charge in [0.1, 0.15) is 0 Å². The molecule has 6 nitrogen and oxygen atoms in total. The molecule has 0 saturated carbocycles. The topological polar surface area (TPSA) is 92.4 Å². The molecule has 0 aliphatic carbocycles. The van der Waals surface area contributed by atoms with Gasteiger partial charge in [-0.3, -0.25) is 9.59 Å². The Morgan fingerprint density at radius 1 is 1.62 bits per heavy atom. The third kappa shape index (κ3) is 2.82. The van der Waals surface area contributed by atoms with E-state index in [1.807, 2.05) is 0 Å². The fraction of sp³-hybridized carbons (Fsp3) is 0.500. The molecule has 0 aliphatic heterocycles. The number of carbonyl (C=O) groups is 2. The van der Waals surface area contributed by atoms with Crippen LogP contribution in [0, 0.1) is 12.8 Å². The molecule has 0 aromatic carbocycles. The zero-order valence-corrected chi connectivity index (χ0v) is 9.19. The first-order chi connectivity index (χ1) is 7.56. The van der Waals surface area contributed by atoms with Crippen LogP contribution in [0.1, 0.15) is 29.5 Å². The Labute approximate surface area is 92.6 Å². The second-order valence-corrected chi connectivity index (χ2v) is 3.49. The Morgan fingerprint density at radius 2 is 2.31 bits per heavy atom. The number of hydrogen-bond donors (Lipinski definition) is 2. The third-order valence-corrected chi connectivity index (χ3v) is 2.31. The molecule has 1 heterocycles. The van der Waals surface area contributed by atoms with Gasteiger partial charge in [0.25, 0.3) is 5.91 Å². The summed E-state index contributed by atoms with van der Waals surface area (Å²) < 4.78 is 4.74. The Morgan fingerprint density at radius 3 is 2.75 bits per heavy atom. The summed E-state index contributed by atoms with van der Waals surface area (Å²) in [5.74, 6) is -1.81. The summed E-state index contributed by atoms with van der Waals surface area (Å²) in [7, 11) is 0. The lowest BCUT2D eigenvalue weighted by Gasteiger charge is -2.09. The first-order valence-electron chi connectivity index (χ1n) is 4.98. The van der Waals surface area contributed by atoms with E-state index in [4.69, 9.17) is 9.63 Å². The summed E-state index contributed by atoms with van der Waals surface area (Å²) in [6, 6.07) is 0. The molecule has 16 heavy (non-hydrogen) atoms. The molecule has 6 heteroatoms. The smallest absolute Gasteiger partial charge is 0.308 e. The predicted octanol–water partition coefficient (Wildman–Crippen LogP) is 0.824. The average Bonchev–Trinajstić information content (AvgIpc) is 2.64. The van der Waals surface area contributed by atoms with Gasteiger partial charge < -0.3 is 14.9 Å². The molecule has 1 aromatic heterocycles. The number of rotatable bonds is 5. The van der Waals surface area contributed by atoms with Crippen LogP contribution >= 0.6 is 0 Å². The van der Waals surface area contributed by atoms with Crippen molar-refractivity contribution in [2.75, 3.05) is 6.54 Å². The molecule has 0 aliphatic rings. The lowest BCUT2D eigenvalue weighted by Crippen LogP contribution is -2.32.